The van der Waals surface area contributed by atoms with E-state index in [-0.39, 0.29) is 0 Å². The molecule has 1 aromatic rings. The van der Waals surface area contributed by atoms with Gasteiger partial charge in [-0.1, -0.05) is 19.6 Å². The molecule has 0 saturated heterocycles. The number of benzene rings is 1. The van der Waals surface area contributed by atoms with Crippen molar-refractivity contribution in [3.63, 3.8) is 0 Å². The Kier molecular flexibility index (Phi) is 2.58. The van der Waals surface area contributed by atoms with Gasteiger partial charge in [0, 0.05) is 19.4 Å². The Morgan fingerprint density at radius 1 is 1.12 bits per heavy atom. The molecule has 0 unspecified atom stereocenters. The van der Waals surface area contributed by atoms with Crippen molar-refractivity contribution >= 4 is 19.5 Å². The molecule has 1 heterocycles. The van der Waals surface area contributed by atoms with Gasteiger partial charge in [-0.05, 0) is 17.3 Å². The summed E-state index contributed by atoms with van der Waals surface area (Å²) < 4.78 is 11.4. The molecule has 3 nitrogen and oxygen atoms in total. The summed E-state index contributed by atoms with van der Waals surface area (Å²) in [5.41, 5.74) is 0.726. The summed E-state index contributed by atoms with van der Waals surface area (Å²) in [6.45, 7) is 10.4. The molecule has 0 radical (unpaired) electrons. The molecule has 1 aliphatic rings. The predicted molar refractivity (Wildman–Crippen MR) is 70.1 cm³/mol. The molecular weight excluding hydrogens is 232 g/mol. The summed E-state index contributed by atoms with van der Waals surface area (Å²) in [6, 6.07) is 3.77. The first-order valence-electron chi connectivity index (χ1n) is 5.75. The third-order valence-electron chi connectivity index (χ3n) is 2.76. The Morgan fingerprint density at radius 3 is 2.12 bits per heavy atom. The first-order chi connectivity index (χ1) is 7.73. The van der Waals surface area contributed by atoms with Crippen molar-refractivity contribution in [1.29, 1.82) is 0 Å². The lowest BCUT2D eigenvalue weighted by molar-refractivity contribution is -0.0431. The number of fused-ring (bicyclic) bond motifs is 1. The molecule has 0 atom stereocenters. The predicted octanol–water partition coefficient (Wildman–Crippen LogP) is 2.55. The third-order valence-corrected chi connectivity index (χ3v) is 4.81. The molecule has 2 rings (SSSR count). The van der Waals surface area contributed by atoms with Crippen molar-refractivity contribution < 1.29 is 14.3 Å². The minimum absolute atomic E-state index is 0.638. The fourth-order valence-electron chi connectivity index (χ4n) is 2.03. The van der Waals surface area contributed by atoms with Crippen LogP contribution in [0, 0.1) is 0 Å². The Balaban J connectivity index is 2.56. The summed E-state index contributed by atoms with van der Waals surface area (Å²) >= 11 is 0. The summed E-state index contributed by atoms with van der Waals surface area (Å²) in [4.78, 5) is 11.2. The standard InChI is InChI=1S/C13H18O3Si/c1-13(2)15-10-6-9(8-14)12(17(3,4)5)7-11(10)16-13/h6-8H,1-5H3. The SMILES string of the molecule is CC1(C)Oc2cc(C=O)c([Si](C)(C)C)cc2O1. The molecule has 92 valence electrons. The molecule has 0 spiro atoms. The van der Waals surface area contributed by atoms with Crippen LogP contribution >= 0.6 is 0 Å². The highest BCUT2D eigenvalue weighted by molar-refractivity contribution is 6.89. The van der Waals surface area contributed by atoms with E-state index in [9.17, 15) is 4.79 Å². The lowest BCUT2D eigenvalue weighted by Crippen LogP contribution is -2.40. The van der Waals surface area contributed by atoms with Crippen LogP contribution in [-0.2, 0) is 0 Å². The van der Waals surface area contributed by atoms with E-state index in [0.29, 0.717) is 5.75 Å². The van der Waals surface area contributed by atoms with Crippen LogP contribution < -0.4 is 14.7 Å². The Labute approximate surface area is 103 Å². The van der Waals surface area contributed by atoms with Gasteiger partial charge in [0.1, 0.15) is 6.29 Å². The lowest BCUT2D eigenvalue weighted by Gasteiger charge is -2.19. The third kappa shape index (κ3) is 2.22. The van der Waals surface area contributed by atoms with Gasteiger partial charge in [-0.2, -0.15) is 0 Å². The van der Waals surface area contributed by atoms with Gasteiger partial charge in [0.2, 0.25) is 5.79 Å². The van der Waals surface area contributed by atoms with Crippen molar-refractivity contribution in [1.82, 2.24) is 0 Å². The van der Waals surface area contributed by atoms with Crippen LogP contribution in [0.25, 0.3) is 0 Å². The van der Waals surface area contributed by atoms with Gasteiger partial charge in [-0.25, -0.2) is 0 Å². The fraction of sp³-hybridized carbons (Fsp3) is 0.462. The van der Waals surface area contributed by atoms with Crippen LogP contribution in [0.4, 0.5) is 0 Å². The van der Waals surface area contributed by atoms with E-state index < -0.39 is 13.9 Å². The van der Waals surface area contributed by atoms with Crippen LogP contribution in [0.2, 0.25) is 19.6 Å². The van der Waals surface area contributed by atoms with Gasteiger partial charge in [-0.15, -0.1) is 0 Å². The molecule has 0 saturated carbocycles. The molecule has 0 fully saturated rings. The maximum Gasteiger partial charge on any atom is 0.246 e. The molecule has 1 aromatic carbocycles. The van der Waals surface area contributed by atoms with E-state index in [0.717, 1.165) is 22.8 Å². The largest absolute Gasteiger partial charge is 0.449 e. The van der Waals surface area contributed by atoms with Gasteiger partial charge in [0.05, 0.1) is 8.07 Å². The maximum atomic E-state index is 11.2. The number of rotatable bonds is 2. The number of carbonyl (C=O) groups excluding carboxylic acids is 1. The van der Waals surface area contributed by atoms with Crippen LogP contribution in [0.3, 0.4) is 0 Å². The average Bonchev–Trinajstić information content (AvgIpc) is 2.47. The van der Waals surface area contributed by atoms with E-state index in [1.807, 2.05) is 19.9 Å². The van der Waals surface area contributed by atoms with Gasteiger partial charge >= 0.3 is 0 Å². The zero-order valence-corrected chi connectivity index (χ0v) is 12.0. The molecule has 0 amide bonds. The average molecular weight is 250 g/mol. The number of hydrogen-bond acceptors (Lipinski definition) is 3. The zero-order valence-electron chi connectivity index (χ0n) is 11.0. The smallest absolute Gasteiger partial charge is 0.246 e. The minimum atomic E-state index is -1.55. The van der Waals surface area contributed by atoms with Crippen molar-refractivity contribution in [2.75, 3.05) is 0 Å². The highest BCUT2D eigenvalue weighted by Crippen LogP contribution is 2.39. The highest BCUT2D eigenvalue weighted by atomic mass is 28.3. The quantitative estimate of drug-likeness (QED) is 0.598. The van der Waals surface area contributed by atoms with Crippen LogP contribution in [0.1, 0.15) is 24.2 Å². The zero-order chi connectivity index (χ0) is 12.8. The first kappa shape index (κ1) is 12.2. The molecular formula is C13H18O3Si. The monoisotopic (exact) mass is 250 g/mol. The van der Waals surface area contributed by atoms with Gasteiger partial charge < -0.3 is 9.47 Å². The van der Waals surface area contributed by atoms with E-state index in [2.05, 4.69) is 19.6 Å². The van der Waals surface area contributed by atoms with E-state index >= 15 is 0 Å². The number of ether oxygens (including phenoxy) is 2. The molecule has 4 heteroatoms. The summed E-state index contributed by atoms with van der Waals surface area (Å²) in [5, 5.41) is 1.12. The van der Waals surface area contributed by atoms with E-state index in [1.165, 1.54) is 0 Å². The topological polar surface area (TPSA) is 35.5 Å². The molecule has 0 N–H and O–H groups in total. The second-order valence-electron chi connectivity index (χ2n) is 5.86. The van der Waals surface area contributed by atoms with Crippen molar-refractivity contribution in [2.24, 2.45) is 0 Å². The summed E-state index contributed by atoms with van der Waals surface area (Å²) in [6.07, 6.45) is 0.905. The van der Waals surface area contributed by atoms with Gasteiger partial charge in [0.25, 0.3) is 0 Å². The van der Waals surface area contributed by atoms with Crippen molar-refractivity contribution in [3.8, 4) is 11.5 Å². The van der Waals surface area contributed by atoms with Crippen molar-refractivity contribution in [3.05, 3.63) is 17.7 Å². The number of hydrogen-bond donors (Lipinski definition) is 0. The second-order valence-corrected chi connectivity index (χ2v) is 10.9. The molecule has 0 bridgehead atoms. The number of carbonyl (C=O) groups is 1. The van der Waals surface area contributed by atoms with Crippen LogP contribution in [0.15, 0.2) is 12.1 Å². The van der Waals surface area contributed by atoms with Crippen molar-refractivity contribution in [2.45, 2.75) is 39.3 Å². The number of aldehydes is 1. The van der Waals surface area contributed by atoms with Crippen LogP contribution in [-0.4, -0.2) is 20.1 Å². The Morgan fingerprint density at radius 2 is 1.65 bits per heavy atom. The molecule has 0 aromatic heterocycles. The molecule has 17 heavy (non-hydrogen) atoms. The molecule has 0 aliphatic carbocycles. The van der Waals surface area contributed by atoms with E-state index in [1.54, 1.807) is 6.07 Å². The Hall–Kier alpha value is -1.29. The Bertz CT molecular complexity index is 472. The summed E-state index contributed by atoms with van der Waals surface area (Å²) in [7, 11) is -1.55. The fourth-order valence-corrected chi connectivity index (χ4v) is 3.59. The first-order valence-corrected chi connectivity index (χ1v) is 9.25. The van der Waals surface area contributed by atoms with E-state index in [4.69, 9.17) is 9.47 Å². The normalized spacial score (nSPS) is 17.0. The summed E-state index contributed by atoms with van der Waals surface area (Å²) in [5.74, 6) is 0.776. The minimum Gasteiger partial charge on any atom is -0.449 e. The maximum absolute atomic E-state index is 11.2. The van der Waals surface area contributed by atoms with Gasteiger partial charge in [0.15, 0.2) is 11.5 Å². The van der Waals surface area contributed by atoms with Gasteiger partial charge in [-0.3, -0.25) is 4.79 Å². The lowest BCUT2D eigenvalue weighted by atomic mass is 10.2. The second kappa shape index (κ2) is 3.60. The molecule has 1 aliphatic heterocycles. The van der Waals surface area contributed by atoms with Crippen LogP contribution in [0.5, 0.6) is 11.5 Å². The highest BCUT2D eigenvalue weighted by Gasteiger charge is 2.34.